The summed E-state index contributed by atoms with van der Waals surface area (Å²) >= 11 is 0. The quantitative estimate of drug-likeness (QED) is 0.793. The van der Waals surface area contributed by atoms with Crippen molar-refractivity contribution in [2.24, 2.45) is 17.6 Å². The average Bonchev–Trinajstić information content (AvgIpc) is 2.47. The van der Waals surface area contributed by atoms with Crippen molar-refractivity contribution in [3.05, 3.63) is 35.1 Å². The average molecular weight is 277 g/mol. The lowest BCUT2D eigenvalue weighted by Gasteiger charge is -2.33. The SMILES string of the molecule is CCCCC1CCC(C(N)c2cc(F)ccc2C)CC1. The molecule has 1 aromatic rings. The van der Waals surface area contributed by atoms with Crippen molar-refractivity contribution in [3.63, 3.8) is 0 Å². The molecule has 1 saturated carbocycles. The van der Waals surface area contributed by atoms with Crippen molar-refractivity contribution in [3.8, 4) is 0 Å². The summed E-state index contributed by atoms with van der Waals surface area (Å²) in [5, 5.41) is 0. The molecule has 1 aliphatic rings. The Morgan fingerprint density at radius 3 is 2.60 bits per heavy atom. The molecule has 0 radical (unpaired) electrons. The second-order valence-electron chi connectivity index (χ2n) is 6.45. The summed E-state index contributed by atoms with van der Waals surface area (Å²) in [5.74, 6) is 1.25. The maximum Gasteiger partial charge on any atom is 0.123 e. The van der Waals surface area contributed by atoms with Crippen molar-refractivity contribution in [2.75, 3.05) is 0 Å². The van der Waals surface area contributed by atoms with E-state index < -0.39 is 0 Å². The molecule has 20 heavy (non-hydrogen) atoms. The Morgan fingerprint density at radius 2 is 1.95 bits per heavy atom. The van der Waals surface area contributed by atoms with Crippen LogP contribution in [0.25, 0.3) is 0 Å². The minimum absolute atomic E-state index is 0.00201. The van der Waals surface area contributed by atoms with Crippen LogP contribution < -0.4 is 5.73 Å². The van der Waals surface area contributed by atoms with E-state index in [1.165, 1.54) is 51.0 Å². The number of benzene rings is 1. The summed E-state index contributed by atoms with van der Waals surface area (Å²) in [4.78, 5) is 0. The van der Waals surface area contributed by atoms with Gasteiger partial charge in [0.1, 0.15) is 5.82 Å². The summed E-state index contributed by atoms with van der Waals surface area (Å²) in [6, 6.07) is 4.99. The van der Waals surface area contributed by atoms with Gasteiger partial charge >= 0.3 is 0 Å². The molecule has 1 aliphatic carbocycles. The third kappa shape index (κ3) is 3.82. The fraction of sp³-hybridized carbons (Fsp3) is 0.667. The Kier molecular flexibility index (Phi) is 5.59. The molecule has 0 aliphatic heterocycles. The molecule has 0 spiro atoms. The van der Waals surface area contributed by atoms with Gasteiger partial charge in [0.15, 0.2) is 0 Å². The van der Waals surface area contributed by atoms with E-state index in [0.29, 0.717) is 5.92 Å². The second-order valence-corrected chi connectivity index (χ2v) is 6.45. The third-order valence-electron chi connectivity index (χ3n) is 4.97. The molecule has 1 unspecified atom stereocenters. The van der Waals surface area contributed by atoms with E-state index in [9.17, 15) is 4.39 Å². The fourth-order valence-electron chi connectivity index (χ4n) is 3.55. The van der Waals surface area contributed by atoms with Gasteiger partial charge in [-0.2, -0.15) is 0 Å². The molecule has 2 heteroatoms. The van der Waals surface area contributed by atoms with E-state index in [1.807, 2.05) is 13.0 Å². The molecule has 1 fully saturated rings. The van der Waals surface area contributed by atoms with Crippen LogP contribution in [0.15, 0.2) is 18.2 Å². The number of aryl methyl sites for hydroxylation is 1. The van der Waals surface area contributed by atoms with Gasteiger partial charge in [0.25, 0.3) is 0 Å². The zero-order chi connectivity index (χ0) is 14.5. The molecule has 0 saturated heterocycles. The van der Waals surface area contributed by atoms with Gasteiger partial charge in [-0.25, -0.2) is 4.39 Å². The van der Waals surface area contributed by atoms with Crippen molar-refractivity contribution >= 4 is 0 Å². The van der Waals surface area contributed by atoms with E-state index in [-0.39, 0.29) is 11.9 Å². The topological polar surface area (TPSA) is 26.0 Å². The van der Waals surface area contributed by atoms with Gasteiger partial charge in [-0.15, -0.1) is 0 Å². The lowest BCUT2D eigenvalue weighted by Crippen LogP contribution is -2.26. The lowest BCUT2D eigenvalue weighted by molar-refractivity contribution is 0.232. The van der Waals surface area contributed by atoms with Crippen molar-refractivity contribution in [2.45, 2.75) is 64.8 Å². The minimum Gasteiger partial charge on any atom is -0.324 e. The highest BCUT2D eigenvalue weighted by Gasteiger charge is 2.27. The Hall–Kier alpha value is -0.890. The summed E-state index contributed by atoms with van der Waals surface area (Å²) in [6.45, 7) is 4.29. The number of halogens is 1. The minimum atomic E-state index is -0.169. The smallest absolute Gasteiger partial charge is 0.123 e. The highest BCUT2D eigenvalue weighted by molar-refractivity contribution is 5.29. The van der Waals surface area contributed by atoms with Gasteiger partial charge in [0, 0.05) is 6.04 Å². The van der Waals surface area contributed by atoms with Crippen LogP contribution in [0.1, 0.15) is 69.0 Å². The number of hydrogen-bond acceptors (Lipinski definition) is 1. The van der Waals surface area contributed by atoms with Crippen LogP contribution in [0.3, 0.4) is 0 Å². The van der Waals surface area contributed by atoms with Crippen LogP contribution in [-0.4, -0.2) is 0 Å². The van der Waals surface area contributed by atoms with E-state index in [0.717, 1.165) is 17.0 Å². The molecule has 1 atom stereocenters. The van der Waals surface area contributed by atoms with Gasteiger partial charge in [-0.3, -0.25) is 0 Å². The summed E-state index contributed by atoms with van der Waals surface area (Å²) in [7, 11) is 0. The molecule has 2 rings (SSSR count). The van der Waals surface area contributed by atoms with Crippen molar-refractivity contribution in [1.29, 1.82) is 0 Å². The zero-order valence-corrected chi connectivity index (χ0v) is 12.9. The van der Waals surface area contributed by atoms with E-state index >= 15 is 0 Å². The van der Waals surface area contributed by atoms with Crippen LogP contribution in [0.4, 0.5) is 4.39 Å². The van der Waals surface area contributed by atoms with Crippen LogP contribution in [0.5, 0.6) is 0 Å². The van der Waals surface area contributed by atoms with E-state index in [4.69, 9.17) is 5.73 Å². The summed E-state index contributed by atoms with van der Waals surface area (Å²) < 4.78 is 13.4. The van der Waals surface area contributed by atoms with Crippen LogP contribution in [0.2, 0.25) is 0 Å². The van der Waals surface area contributed by atoms with E-state index in [2.05, 4.69) is 6.92 Å². The molecule has 0 bridgehead atoms. The highest BCUT2D eigenvalue weighted by Crippen LogP contribution is 2.38. The van der Waals surface area contributed by atoms with Gasteiger partial charge in [-0.05, 0) is 54.9 Å². The third-order valence-corrected chi connectivity index (χ3v) is 4.97. The summed E-state index contributed by atoms with van der Waals surface area (Å²) in [5.41, 5.74) is 8.54. The molecule has 0 aromatic heterocycles. The molecule has 112 valence electrons. The Bertz CT molecular complexity index is 421. The monoisotopic (exact) mass is 277 g/mol. The highest BCUT2D eigenvalue weighted by atomic mass is 19.1. The summed E-state index contributed by atoms with van der Waals surface area (Å²) in [6.07, 6.45) is 9.01. The van der Waals surface area contributed by atoms with Gasteiger partial charge in [-0.1, -0.05) is 45.1 Å². The van der Waals surface area contributed by atoms with Gasteiger partial charge in [0.2, 0.25) is 0 Å². The Labute approximate surface area is 122 Å². The lowest BCUT2D eigenvalue weighted by atomic mass is 9.75. The standard InChI is InChI=1S/C18H28FN/c1-3-4-5-14-7-9-15(10-8-14)18(20)17-12-16(19)11-6-13(17)2/h6,11-12,14-15,18H,3-5,7-10,20H2,1-2H3. The first-order chi connectivity index (χ1) is 9.61. The molecule has 2 N–H and O–H groups in total. The first-order valence-corrected chi connectivity index (χ1v) is 8.13. The number of rotatable bonds is 5. The van der Waals surface area contributed by atoms with Crippen molar-refractivity contribution < 1.29 is 4.39 Å². The maximum atomic E-state index is 13.4. The second kappa shape index (κ2) is 7.21. The number of unbranched alkanes of at least 4 members (excludes halogenated alkanes) is 1. The van der Waals surface area contributed by atoms with Crippen LogP contribution in [-0.2, 0) is 0 Å². The molecule has 0 amide bonds. The number of nitrogens with two attached hydrogens (primary N) is 1. The Morgan fingerprint density at radius 1 is 1.25 bits per heavy atom. The predicted octanol–water partition coefficient (Wildman–Crippen LogP) is 5.13. The molecule has 1 aromatic carbocycles. The fourth-order valence-corrected chi connectivity index (χ4v) is 3.55. The van der Waals surface area contributed by atoms with Crippen molar-refractivity contribution in [1.82, 2.24) is 0 Å². The Balaban J connectivity index is 1.94. The number of hydrogen-bond donors (Lipinski definition) is 1. The predicted molar refractivity (Wildman–Crippen MR) is 83.0 cm³/mol. The van der Waals surface area contributed by atoms with Gasteiger partial charge in [0.05, 0.1) is 0 Å². The van der Waals surface area contributed by atoms with E-state index in [1.54, 1.807) is 6.07 Å². The molecular weight excluding hydrogens is 249 g/mol. The normalized spacial score (nSPS) is 24.6. The maximum absolute atomic E-state index is 13.4. The molecular formula is C18H28FN. The van der Waals surface area contributed by atoms with Crippen LogP contribution >= 0.6 is 0 Å². The first-order valence-electron chi connectivity index (χ1n) is 8.13. The molecule has 0 heterocycles. The first kappa shape index (κ1) is 15.5. The van der Waals surface area contributed by atoms with Gasteiger partial charge < -0.3 is 5.73 Å². The van der Waals surface area contributed by atoms with Crippen LogP contribution in [0, 0.1) is 24.6 Å². The molecule has 1 nitrogen and oxygen atoms in total. The largest absolute Gasteiger partial charge is 0.324 e. The zero-order valence-electron chi connectivity index (χ0n) is 12.9.